The van der Waals surface area contributed by atoms with Crippen LogP contribution in [0.2, 0.25) is 0 Å². The van der Waals surface area contributed by atoms with Crippen molar-refractivity contribution in [2.24, 2.45) is 7.05 Å². The molecule has 1 saturated heterocycles. The van der Waals surface area contributed by atoms with E-state index in [0.29, 0.717) is 18.3 Å². The first-order valence-corrected chi connectivity index (χ1v) is 8.96. The Labute approximate surface area is 156 Å². The highest BCUT2D eigenvalue weighted by Gasteiger charge is 2.21. The zero-order chi connectivity index (χ0) is 19.2. The molecule has 0 spiro atoms. The number of amides is 1. The van der Waals surface area contributed by atoms with Crippen LogP contribution in [0.5, 0.6) is 5.75 Å². The second-order valence-electron chi connectivity index (χ2n) is 6.51. The van der Waals surface area contributed by atoms with Crippen molar-refractivity contribution in [1.82, 2.24) is 20.1 Å². The molecule has 0 radical (unpaired) electrons. The number of carbonyl (C=O) groups excluding carboxylic acids is 1. The van der Waals surface area contributed by atoms with Gasteiger partial charge in [-0.2, -0.15) is 18.9 Å². The number of benzene rings is 1. The van der Waals surface area contributed by atoms with Crippen molar-refractivity contribution in [1.29, 1.82) is 0 Å². The molecule has 1 aliphatic heterocycles. The molecule has 0 atom stereocenters. The van der Waals surface area contributed by atoms with Crippen molar-refractivity contribution in [2.45, 2.75) is 38.2 Å². The first-order valence-electron chi connectivity index (χ1n) is 8.96. The highest BCUT2D eigenvalue weighted by atomic mass is 19.3. The van der Waals surface area contributed by atoms with Gasteiger partial charge in [-0.15, -0.1) is 0 Å². The Hall–Kier alpha value is -2.55. The smallest absolute Gasteiger partial charge is 0.387 e. The molecule has 0 saturated carbocycles. The van der Waals surface area contributed by atoms with E-state index in [4.69, 9.17) is 0 Å². The molecule has 1 amide bonds. The van der Waals surface area contributed by atoms with E-state index in [0.717, 1.165) is 37.3 Å². The average molecular weight is 379 g/mol. The van der Waals surface area contributed by atoms with Crippen LogP contribution in [0.15, 0.2) is 24.3 Å². The molecule has 7 nitrogen and oxygen atoms in total. The maximum atomic E-state index is 12.2. The number of halogens is 2. The van der Waals surface area contributed by atoms with Crippen LogP contribution in [0.3, 0.4) is 0 Å². The Morgan fingerprint density at radius 3 is 2.70 bits per heavy atom. The van der Waals surface area contributed by atoms with E-state index in [9.17, 15) is 13.6 Å². The van der Waals surface area contributed by atoms with Gasteiger partial charge in [0.1, 0.15) is 5.75 Å². The molecule has 27 heavy (non-hydrogen) atoms. The molecule has 2 N–H and O–H groups in total. The van der Waals surface area contributed by atoms with Crippen molar-refractivity contribution in [2.75, 3.05) is 18.4 Å². The lowest BCUT2D eigenvalue weighted by Gasteiger charge is -2.19. The second kappa shape index (κ2) is 8.90. The number of hydrogen-bond donors (Lipinski definition) is 2. The summed E-state index contributed by atoms with van der Waals surface area (Å²) in [6.45, 7) is -0.944. The summed E-state index contributed by atoms with van der Waals surface area (Å²) >= 11 is 0. The third-order valence-corrected chi connectivity index (χ3v) is 4.52. The van der Waals surface area contributed by atoms with Crippen molar-refractivity contribution < 1.29 is 18.3 Å². The van der Waals surface area contributed by atoms with Gasteiger partial charge in [-0.25, -0.2) is 4.68 Å². The number of rotatable bonds is 7. The summed E-state index contributed by atoms with van der Waals surface area (Å²) < 4.78 is 30.2. The number of alkyl halides is 2. The first kappa shape index (κ1) is 19.2. The number of hydrogen-bond acceptors (Lipinski definition) is 5. The van der Waals surface area contributed by atoms with Crippen LogP contribution in [0.1, 0.15) is 36.6 Å². The first-order chi connectivity index (χ1) is 13.0. The van der Waals surface area contributed by atoms with E-state index in [1.807, 2.05) is 0 Å². The van der Waals surface area contributed by atoms with Gasteiger partial charge >= 0.3 is 6.61 Å². The van der Waals surface area contributed by atoms with Crippen LogP contribution in [0.4, 0.5) is 14.7 Å². The summed E-state index contributed by atoms with van der Waals surface area (Å²) in [5, 5.41) is 10.5. The van der Waals surface area contributed by atoms with Gasteiger partial charge in [-0.1, -0.05) is 12.1 Å². The van der Waals surface area contributed by atoms with E-state index < -0.39 is 6.61 Å². The summed E-state index contributed by atoms with van der Waals surface area (Å²) in [6.07, 6.45) is 2.72. The Balaban J connectivity index is 1.51. The lowest BCUT2D eigenvalue weighted by atomic mass is 9.98. The lowest BCUT2D eigenvalue weighted by molar-refractivity contribution is -0.116. The van der Waals surface area contributed by atoms with Crippen molar-refractivity contribution in [3.8, 4) is 5.75 Å². The number of carbonyl (C=O) groups is 1. The standard InChI is InChI=1S/C18H23F2N5O2/c1-25-18(23-16(24-25)13-8-10-21-11-9-13)22-15(26)7-4-12-2-5-14(6-3-12)27-17(19)20/h2-3,5-6,13,17,21H,4,7-11H2,1H3,(H,22,23,24,26). The fourth-order valence-electron chi connectivity index (χ4n) is 3.05. The maximum Gasteiger partial charge on any atom is 0.387 e. The fraction of sp³-hybridized carbons (Fsp3) is 0.500. The van der Waals surface area contributed by atoms with Gasteiger partial charge < -0.3 is 10.1 Å². The Kier molecular flexibility index (Phi) is 6.33. The predicted molar refractivity (Wildman–Crippen MR) is 95.9 cm³/mol. The Morgan fingerprint density at radius 1 is 1.33 bits per heavy atom. The third kappa shape index (κ3) is 5.46. The highest BCUT2D eigenvalue weighted by Crippen LogP contribution is 2.23. The molecule has 9 heteroatoms. The summed E-state index contributed by atoms with van der Waals surface area (Å²) in [7, 11) is 1.76. The summed E-state index contributed by atoms with van der Waals surface area (Å²) in [4.78, 5) is 16.7. The minimum Gasteiger partial charge on any atom is -0.435 e. The van der Waals surface area contributed by atoms with Gasteiger partial charge in [0.15, 0.2) is 5.82 Å². The maximum absolute atomic E-state index is 12.2. The lowest BCUT2D eigenvalue weighted by Crippen LogP contribution is -2.27. The van der Waals surface area contributed by atoms with Gasteiger partial charge in [-0.3, -0.25) is 10.1 Å². The van der Waals surface area contributed by atoms with Crippen molar-refractivity contribution in [3.63, 3.8) is 0 Å². The predicted octanol–water partition coefficient (Wildman–Crippen LogP) is 2.45. The molecule has 146 valence electrons. The molecular formula is C18H23F2N5O2. The normalized spacial score (nSPS) is 15.1. The number of piperidine rings is 1. The van der Waals surface area contributed by atoms with Gasteiger partial charge in [0.25, 0.3) is 0 Å². The molecule has 0 bridgehead atoms. The molecule has 1 aromatic carbocycles. The van der Waals surface area contributed by atoms with Gasteiger partial charge in [0.05, 0.1) is 0 Å². The van der Waals surface area contributed by atoms with Crippen molar-refractivity contribution >= 4 is 11.9 Å². The molecule has 0 aliphatic carbocycles. The van der Waals surface area contributed by atoms with Crippen LogP contribution < -0.4 is 15.4 Å². The molecule has 2 heterocycles. The van der Waals surface area contributed by atoms with Crippen LogP contribution >= 0.6 is 0 Å². The van der Waals surface area contributed by atoms with E-state index in [1.54, 1.807) is 23.9 Å². The topological polar surface area (TPSA) is 81.1 Å². The largest absolute Gasteiger partial charge is 0.435 e. The number of nitrogens with one attached hydrogen (secondary N) is 2. The number of nitrogens with zero attached hydrogens (tertiary/aromatic N) is 3. The van der Waals surface area contributed by atoms with E-state index in [-0.39, 0.29) is 18.1 Å². The molecule has 0 unspecified atom stereocenters. The van der Waals surface area contributed by atoms with Gasteiger partial charge in [-0.05, 0) is 50.0 Å². The fourth-order valence-corrected chi connectivity index (χ4v) is 3.05. The minimum atomic E-state index is -2.84. The number of aromatic nitrogens is 3. The monoisotopic (exact) mass is 379 g/mol. The second-order valence-corrected chi connectivity index (χ2v) is 6.51. The van der Waals surface area contributed by atoms with E-state index in [1.165, 1.54) is 12.1 Å². The molecule has 1 aliphatic rings. The zero-order valence-electron chi connectivity index (χ0n) is 15.1. The molecule has 3 rings (SSSR count). The van der Waals surface area contributed by atoms with Crippen LogP contribution in [-0.2, 0) is 18.3 Å². The third-order valence-electron chi connectivity index (χ3n) is 4.52. The molecule has 1 aromatic heterocycles. The quantitative estimate of drug-likeness (QED) is 0.772. The Morgan fingerprint density at radius 2 is 2.04 bits per heavy atom. The summed E-state index contributed by atoms with van der Waals surface area (Å²) in [5.41, 5.74) is 0.861. The summed E-state index contributed by atoms with van der Waals surface area (Å²) in [5.74, 6) is 1.45. The van der Waals surface area contributed by atoms with Gasteiger partial charge in [0.2, 0.25) is 11.9 Å². The number of aryl methyl sites for hydroxylation is 2. The highest BCUT2D eigenvalue weighted by molar-refractivity contribution is 5.89. The van der Waals surface area contributed by atoms with Crippen LogP contribution in [-0.4, -0.2) is 40.4 Å². The van der Waals surface area contributed by atoms with Crippen LogP contribution in [0.25, 0.3) is 0 Å². The van der Waals surface area contributed by atoms with Crippen molar-refractivity contribution in [3.05, 3.63) is 35.7 Å². The Bertz CT molecular complexity index is 758. The van der Waals surface area contributed by atoms with E-state index in [2.05, 4.69) is 25.5 Å². The van der Waals surface area contributed by atoms with Crippen LogP contribution in [0, 0.1) is 0 Å². The molecule has 1 fully saturated rings. The molecular weight excluding hydrogens is 356 g/mol. The SMILES string of the molecule is Cn1nc(C2CCNCC2)nc1NC(=O)CCc1ccc(OC(F)F)cc1. The summed E-state index contributed by atoms with van der Waals surface area (Å²) in [6, 6.07) is 6.27. The minimum absolute atomic E-state index is 0.0997. The zero-order valence-corrected chi connectivity index (χ0v) is 15.1. The van der Waals surface area contributed by atoms with Gasteiger partial charge in [0, 0.05) is 19.4 Å². The average Bonchev–Trinajstić information content (AvgIpc) is 3.02. The molecule has 2 aromatic rings. The number of anilines is 1. The number of ether oxygens (including phenoxy) is 1. The van der Waals surface area contributed by atoms with E-state index >= 15 is 0 Å².